The van der Waals surface area contributed by atoms with Gasteiger partial charge in [0.2, 0.25) is 5.91 Å². The Morgan fingerprint density at radius 2 is 2.25 bits per heavy atom. The van der Waals surface area contributed by atoms with Crippen LogP contribution >= 0.6 is 0 Å². The van der Waals surface area contributed by atoms with Crippen molar-refractivity contribution in [2.75, 3.05) is 20.3 Å². The zero-order valence-electron chi connectivity index (χ0n) is 11.8. The van der Waals surface area contributed by atoms with E-state index in [4.69, 9.17) is 10.5 Å². The number of aromatic nitrogens is 1. The second kappa shape index (κ2) is 7.07. The fourth-order valence-corrected chi connectivity index (χ4v) is 2.17. The third-order valence-electron chi connectivity index (χ3n) is 3.23. The lowest BCUT2D eigenvalue weighted by molar-refractivity contribution is -0.121. The van der Waals surface area contributed by atoms with E-state index >= 15 is 0 Å². The number of carbonyl (C=O) groups excluding carboxylic acids is 1. The molecule has 5 heteroatoms. The molecule has 0 atom stereocenters. The van der Waals surface area contributed by atoms with Gasteiger partial charge in [-0.3, -0.25) is 4.79 Å². The number of methoxy groups -OCH3 is 1. The van der Waals surface area contributed by atoms with Gasteiger partial charge in [-0.05, 0) is 35.6 Å². The monoisotopic (exact) mass is 275 g/mol. The molecule has 0 aliphatic heterocycles. The minimum Gasteiger partial charge on any atom is -0.385 e. The van der Waals surface area contributed by atoms with Crippen molar-refractivity contribution < 1.29 is 9.53 Å². The molecule has 0 aliphatic rings. The third-order valence-corrected chi connectivity index (χ3v) is 3.23. The number of fused-ring (bicyclic) bond motifs is 1. The molecule has 1 heterocycles. The topological polar surface area (TPSA) is 69.3 Å². The van der Waals surface area contributed by atoms with Gasteiger partial charge in [-0.1, -0.05) is 6.07 Å². The van der Waals surface area contributed by atoms with Gasteiger partial charge in [0, 0.05) is 38.5 Å². The first kappa shape index (κ1) is 14.6. The zero-order valence-corrected chi connectivity index (χ0v) is 11.8. The molecule has 1 aromatic heterocycles. The van der Waals surface area contributed by atoms with Gasteiger partial charge in [-0.15, -0.1) is 0 Å². The molecule has 20 heavy (non-hydrogen) atoms. The molecule has 0 fully saturated rings. The summed E-state index contributed by atoms with van der Waals surface area (Å²) in [7, 11) is 1.66. The summed E-state index contributed by atoms with van der Waals surface area (Å²) >= 11 is 0. The minimum absolute atomic E-state index is 0.0153. The molecule has 0 saturated carbocycles. The molecule has 2 aromatic rings. The van der Waals surface area contributed by atoms with Crippen molar-refractivity contribution in [1.29, 1.82) is 0 Å². The summed E-state index contributed by atoms with van der Waals surface area (Å²) in [4.78, 5) is 11.8. The summed E-state index contributed by atoms with van der Waals surface area (Å²) in [5.41, 5.74) is 7.77. The fourth-order valence-electron chi connectivity index (χ4n) is 2.17. The lowest BCUT2D eigenvalue weighted by atomic mass is 10.1. The Morgan fingerprint density at radius 1 is 1.40 bits per heavy atom. The smallest absolute Gasteiger partial charge is 0.239 e. The molecule has 0 bridgehead atoms. The molecule has 0 saturated heterocycles. The van der Waals surface area contributed by atoms with E-state index in [2.05, 4.69) is 11.4 Å². The standard InChI is InChI=1S/C15H21N3O2/c1-20-8-2-6-17-15(19)11-18-7-5-13-9-12(10-16)3-4-14(13)18/h3-5,7,9H,2,6,8,10-11,16H2,1H3,(H,17,19). The number of hydrogen-bond acceptors (Lipinski definition) is 3. The predicted octanol–water partition coefficient (Wildman–Crippen LogP) is 1.25. The zero-order chi connectivity index (χ0) is 14.4. The van der Waals surface area contributed by atoms with Crippen molar-refractivity contribution in [3.63, 3.8) is 0 Å². The Morgan fingerprint density at radius 3 is 3.00 bits per heavy atom. The average molecular weight is 275 g/mol. The van der Waals surface area contributed by atoms with E-state index in [0.717, 1.165) is 22.9 Å². The summed E-state index contributed by atoms with van der Waals surface area (Å²) in [5, 5.41) is 3.99. The highest BCUT2D eigenvalue weighted by Gasteiger charge is 2.06. The molecule has 1 aromatic carbocycles. The molecule has 0 spiro atoms. The van der Waals surface area contributed by atoms with Gasteiger partial charge >= 0.3 is 0 Å². The highest BCUT2D eigenvalue weighted by Crippen LogP contribution is 2.17. The number of ether oxygens (including phenoxy) is 1. The van der Waals surface area contributed by atoms with Crippen molar-refractivity contribution in [2.24, 2.45) is 5.73 Å². The van der Waals surface area contributed by atoms with E-state index in [1.165, 1.54) is 0 Å². The fraction of sp³-hybridized carbons (Fsp3) is 0.400. The summed E-state index contributed by atoms with van der Waals surface area (Å²) in [6, 6.07) is 8.07. The van der Waals surface area contributed by atoms with E-state index in [1.807, 2.05) is 29.0 Å². The average Bonchev–Trinajstić information content (AvgIpc) is 2.86. The number of nitrogens with one attached hydrogen (secondary N) is 1. The van der Waals surface area contributed by atoms with Crippen molar-refractivity contribution in [3.8, 4) is 0 Å². The van der Waals surface area contributed by atoms with E-state index in [1.54, 1.807) is 7.11 Å². The van der Waals surface area contributed by atoms with Crippen LogP contribution in [0.15, 0.2) is 30.5 Å². The summed E-state index contributed by atoms with van der Waals surface area (Å²) in [5.74, 6) is 0.0153. The lowest BCUT2D eigenvalue weighted by Crippen LogP contribution is -2.28. The quantitative estimate of drug-likeness (QED) is 0.747. The highest BCUT2D eigenvalue weighted by molar-refractivity contribution is 5.83. The van der Waals surface area contributed by atoms with Crippen molar-refractivity contribution in [2.45, 2.75) is 19.5 Å². The predicted molar refractivity (Wildman–Crippen MR) is 79.3 cm³/mol. The molecule has 108 valence electrons. The normalized spacial score (nSPS) is 10.9. The Kier molecular flexibility index (Phi) is 5.15. The Bertz CT molecular complexity index is 578. The Balaban J connectivity index is 1.97. The number of benzene rings is 1. The first-order chi connectivity index (χ1) is 9.74. The number of rotatable bonds is 7. The maximum atomic E-state index is 11.8. The number of carbonyl (C=O) groups is 1. The maximum Gasteiger partial charge on any atom is 0.239 e. The largest absolute Gasteiger partial charge is 0.385 e. The molecule has 5 nitrogen and oxygen atoms in total. The second-order valence-electron chi connectivity index (χ2n) is 4.74. The number of nitrogens with two attached hydrogens (primary N) is 1. The van der Waals surface area contributed by atoms with Crippen LogP contribution < -0.4 is 11.1 Å². The first-order valence-electron chi connectivity index (χ1n) is 6.78. The number of amides is 1. The van der Waals surface area contributed by atoms with Gasteiger partial charge in [0.05, 0.1) is 0 Å². The molecule has 3 N–H and O–H groups in total. The van der Waals surface area contributed by atoms with Crippen LogP contribution in [0.25, 0.3) is 10.9 Å². The van der Waals surface area contributed by atoms with Gasteiger partial charge in [0.1, 0.15) is 6.54 Å². The summed E-state index contributed by atoms with van der Waals surface area (Å²) in [6.07, 6.45) is 2.76. The van der Waals surface area contributed by atoms with Gasteiger partial charge in [0.25, 0.3) is 0 Å². The van der Waals surface area contributed by atoms with Crippen molar-refractivity contribution in [3.05, 3.63) is 36.0 Å². The molecule has 0 aliphatic carbocycles. The molecule has 0 radical (unpaired) electrons. The van der Waals surface area contributed by atoms with E-state index in [9.17, 15) is 4.79 Å². The second-order valence-corrected chi connectivity index (χ2v) is 4.74. The van der Waals surface area contributed by atoms with Crippen LogP contribution in [-0.2, 0) is 22.6 Å². The van der Waals surface area contributed by atoms with Crippen LogP contribution in [0.1, 0.15) is 12.0 Å². The molecule has 2 rings (SSSR count). The van der Waals surface area contributed by atoms with Gasteiger partial charge in [0.15, 0.2) is 0 Å². The molecular formula is C15H21N3O2. The summed E-state index contributed by atoms with van der Waals surface area (Å²) < 4.78 is 6.89. The number of hydrogen-bond donors (Lipinski definition) is 2. The van der Waals surface area contributed by atoms with Crippen LogP contribution in [0.2, 0.25) is 0 Å². The minimum atomic E-state index is 0.0153. The van der Waals surface area contributed by atoms with Crippen molar-refractivity contribution in [1.82, 2.24) is 9.88 Å². The van der Waals surface area contributed by atoms with Crippen LogP contribution in [0.4, 0.5) is 0 Å². The van der Waals surface area contributed by atoms with E-state index in [0.29, 0.717) is 26.2 Å². The molecule has 0 unspecified atom stereocenters. The molecule has 1 amide bonds. The van der Waals surface area contributed by atoms with Gasteiger partial charge in [-0.2, -0.15) is 0 Å². The van der Waals surface area contributed by atoms with Crippen LogP contribution in [0, 0.1) is 0 Å². The highest BCUT2D eigenvalue weighted by atomic mass is 16.5. The number of nitrogens with zero attached hydrogens (tertiary/aromatic N) is 1. The lowest BCUT2D eigenvalue weighted by Gasteiger charge is -2.07. The first-order valence-corrected chi connectivity index (χ1v) is 6.78. The Labute approximate surface area is 118 Å². The van der Waals surface area contributed by atoms with Gasteiger partial charge < -0.3 is 20.4 Å². The van der Waals surface area contributed by atoms with E-state index in [-0.39, 0.29) is 5.91 Å². The van der Waals surface area contributed by atoms with Crippen LogP contribution in [-0.4, -0.2) is 30.7 Å². The van der Waals surface area contributed by atoms with E-state index < -0.39 is 0 Å². The maximum absolute atomic E-state index is 11.8. The van der Waals surface area contributed by atoms with Crippen LogP contribution in [0.3, 0.4) is 0 Å². The molecular weight excluding hydrogens is 254 g/mol. The Hall–Kier alpha value is -1.85. The van der Waals surface area contributed by atoms with Crippen molar-refractivity contribution >= 4 is 16.8 Å². The SMILES string of the molecule is COCCCNC(=O)Cn1ccc2cc(CN)ccc21. The van der Waals surface area contributed by atoms with Crippen LogP contribution in [0.5, 0.6) is 0 Å². The summed E-state index contributed by atoms with van der Waals surface area (Å²) in [6.45, 7) is 2.16. The third kappa shape index (κ3) is 3.59. The van der Waals surface area contributed by atoms with Gasteiger partial charge in [-0.25, -0.2) is 0 Å².